The third-order valence-electron chi connectivity index (χ3n) is 3.45. The van der Waals surface area contributed by atoms with Gasteiger partial charge in [-0.3, -0.25) is 9.48 Å². The van der Waals surface area contributed by atoms with Gasteiger partial charge in [-0.1, -0.05) is 18.2 Å². The van der Waals surface area contributed by atoms with Crippen molar-refractivity contribution in [1.82, 2.24) is 9.78 Å². The first-order chi connectivity index (χ1) is 8.75. The molecule has 1 fully saturated rings. The van der Waals surface area contributed by atoms with Gasteiger partial charge in [-0.05, 0) is 12.5 Å². The van der Waals surface area contributed by atoms with E-state index >= 15 is 0 Å². The van der Waals surface area contributed by atoms with E-state index in [-0.39, 0.29) is 5.78 Å². The van der Waals surface area contributed by atoms with Crippen molar-refractivity contribution in [2.45, 2.75) is 19.9 Å². The molecule has 4 nitrogen and oxygen atoms in total. The van der Waals surface area contributed by atoms with Gasteiger partial charge in [-0.15, -0.1) is 0 Å². The zero-order valence-corrected chi connectivity index (χ0v) is 10.4. The molecule has 0 N–H and O–H groups in total. The minimum atomic E-state index is 0.0209. The van der Waals surface area contributed by atoms with E-state index in [1.54, 1.807) is 6.92 Å². The highest BCUT2D eigenvalue weighted by Crippen LogP contribution is 2.22. The standard InChI is InChI=1S/C14H16N2O2/c1-10(17)14-12-4-2-3-5-13(12)16(15-14)8-11-6-7-18-9-11/h2-5,11H,6-9H2,1H3. The summed E-state index contributed by atoms with van der Waals surface area (Å²) in [5.74, 6) is 0.528. The number of benzene rings is 1. The largest absolute Gasteiger partial charge is 0.381 e. The molecule has 1 unspecified atom stereocenters. The molecule has 2 heterocycles. The quantitative estimate of drug-likeness (QED) is 0.778. The highest BCUT2D eigenvalue weighted by atomic mass is 16.5. The third-order valence-corrected chi connectivity index (χ3v) is 3.45. The van der Waals surface area contributed by atoms with Crippen LogP contribution in [-0.4, -0.2) is 28.8 Å². The van der Waals surface area contributed by atoms with Crippen LogP contribution in [0, 0.1) is 5.92 Å². The van der Waals surface area contributed by atoms with Crippen molar-refractivity contribution in [2.75, 3.05) is 13.2 Å². The summed E-state index contributed by atoms with van der Waals surface area (Å²) < 4.78 is 7.34. The lowest BCUT2D eigenvalue weighted by Crippen LogP contribution is -2.12. The van der Waals surface area contributed by atoms with E-state index in [0.29, 0.717) is 11.6 Å². The van der Waals surface area contributed by atoms with Gasteiger partial charge in [0, 0.05) is 31.4 Å². The van der Waals surface area contributed by atoms with Crippen molar-refractivity contribution < 1.29 is 9.53 Å². The molecule has 0 amide bonds. The number of nitrogens with zero attached hydrogens (tertiary/aromatic N) is 2. The maximum Gasteiger partial charge on any atom is 0.180 e. The van der Waals surface area contributed by atoms with Crippen LogP contribution in [0.25, 0.3) is 10.9 Å². The molecule has 0 aliphatic carbocycles. The fourth-order valence-corrected chi connectivity index (χ4v) is 2.50. The fourth-order valence-electron chi connectivity index (χ4n) is 2.50. The minimum Gasteiger partial charge on any atom is -0.381 e. The Balaban J connectivity index is 2.02. The summed E-state index contributed by atoms with van der Waals surface area (Å²) in [5, 5.41) is 5.41. The molecule has 1 aliphatic rings. The van der Waals surface area contributed by atoms with Crippen molar-refractivity contribution in [1.29, 1.82) is 0 Å². The highest BCUT2D eigenvalue weighted by molar-refractivity contribution is 6.04. The summed E-state index contributed by atoms with van der Waals surface area (Å²) >= 11 is 0. The Labute approximate surface area is 106 Å². The Kier molecular flexibility index (Phi) is 2.88. The summed E-state index contributed by atoms with van der Waals surface area (Å²) in [5.41, 5.74) is 1.61. The number of carbonyl (C=O) groups is 1. The molecule has 2 aromatic rings. The number of ketones is 1. The lowest BCUT2D eigenvalue weighted by atomic mass is 10.1. The van der Waals surface area contributed by atoms with Gasteiger partial charge in [-0.2, -0.15) is 5.10 Å². The van der Waals surface area contributed by atoms with Gasteiger partial charge in [0.1, 0.15) is 5.69 Å². The van der Waals surface area contributed by atoms with Crippen molar-refractivity contribution in [3.05, 3.63) is 30.0 Å². The molecule has 4 heteroatoms. The first-order valence-electron chi connectivity index (χ1n) is 6.30. The first-order valence-corrected chi connectivity index (χ1v) is 6.30. The van der Waals surface area contributed by atoms with E-state index in [2.05, 4.69) is 5.10 Å². The molecule has 1 aromatic carbocycles. The summed E-state index contributed by atoms with van der Waals surface area (Å²) in [6.45, 7) is 4.03. The number of fused-ring (bicyclic) bond motifs is 1. The van der Waals surface area contributed by atoms with E-state index < -0.39 is 0 Å². The molecule has 0 bridgehead atoms. The predicted molar refractivity (Wildman–Crippen MR) is 68.7 cm³/mol. The Morgan fingerprint density at radius 3 is 3.06 bits per heavy atom. The number of hydrogen-bond donors (Lipinski definition) is 0. The van der Waals surface area contributed by atoms with Crippen molar-refractivity contribution in [3.8, 4) is 0 Å². The van der Waals surface area contributed by atoms with Crippen LogP contribution in [0.5, 0.6) is 0 Å². The van der Waals surface area contributed by atoms with E-state index in [0.717, 1.165) is 37.1 Å². The molecule has 1 saturated heterocycles. The van der Waals surface area contributed by atoms with Crippen molar-refractivity contribution >= 4 is 16.7 Å². The SMILES string of the molecule is CC(=O)c1nn(CC2CCOC2)c2ccccc12. The molecular weight excluding hydrogens is 228 g/mol. The normalized spacial score (nSPS) is 19.5. The maximum absolute atomic E-state index is 11.6. The van der Waals surface area contributed by atoms with Crippen molar-refractivity contribution in [2.24, 2.45) is 5.92 Å². The van der Waals surface area contributed by atoms with Gasteiger partial charge in [-0.25, -0.2) is 0 Å². The molecule has 0 spiro atoms. The molecule has 0 radical (unpaired) electrons. The number of carbonyl (C=O) groups excluding carboxylic acids is 1. The average Bonchev–Trinajstić information content (AvgIpc) is 2.98. The molecule has 0 saturated carbocycles. The lowest BCUT2D eigenvalue weighted by molar-refractivity contribution is 0.101. The van der Waals surface area contributed by atoms with Gasteiger partial charge in [0.05, 0.1) is 12.1 Å². The Bertz CT molecular complexity index is 582. The van der Waals surface area contributed by atoms with Crippen LogP contribution >= 0.6 is 0 Å². The molecule has 3 rings (SSSR count). The topological polar surface area (TPSA) is 44.1 Å². The van der Waals surface area contributed by atoms with E-state index in [1.807, 2.05) is 28.9 Å². The third kappa shape index (κ3) is 1.93. The Morgan fingerprint density at radius 2 is 2.33 bits per heavy atom. The van der Waals surface area contributed by atoms with E-state index in [9.17, 15) is 4.79 Å². The van der Waals surface area contributed by atoms with Crippen molar-refractivity contribution in [3.63, 3.8) is 0 Å². The summed E-state index contributed by atoms with van der Waals surface area (Å²) in [7, 11) is 0. The molecule has 18 heavy (non-hydrogen) atoms. The number of hydrogen-bond acceptors (Lipinski definition) is 3. The molecular formula is C14H16N2O2. The van der Waals surface area contributed by atoms with Crippen LogP contribution in [0.1, 0.15) is 23.8 Å². The van der Waals surface area contributed by atoms with Gasteiger partial charge >= 0.3 is 0 Å². The summed E-state index contributed by atoms with van der Waals surface area (Å²) in [6, 6.07) is 7.90. The molecule has 1 atom stereocenters. The van der Waals surface area contributed by atoms with Crippen LogP contribution in [0.2, 0.25) is 0 Å². The van der Waals surface area contributed by atoms with Gasteiger partial charge in [0.15, 0.2) is 5.78 Å². The lowest BCUT2D eigenvalue weighted by Gasteiger charge is -2.08. The maximum atomic E-state index is 11.6. The second-order valence-corrected chi connectivity index (χ2v) is 4.83. The van der Waals surface area contributed by atoms with Crippen LogP contribution < -0.4 is 0 Å². The highest BCUT2D eigenvalue weighted by Gasteiger charge is 2.19. The summed E-state index contributed by atoms with van der Waals surface area (Å²) in [6.07, 6.45) is 1.07. The average molecular weight is 244 g/mol. The zero-order chi connectivity index (χ0) is 12.5. The first kappa shape index (κ1) is 11.4. The number of aromatic nitrogens is 2. The number of para-hydroxylation sites is 1. The zero-order valence-electron chi connectivity index (χ0n) is 10.4. The second-order valence-electron chi connectivity index (χ2n) is 4.83. The van der Waals surface area contributed by atoms with E-state index in [4.69, 9.17) is 4.74 Å². The van der Waals surface area contributed by atoms with E-state index in [1.165, 1.54) is 0 Å². The number of Topliss-reactive ketones (excluding diaryl/α,β-unsaturated/α-hetero) is 1. The predicted octanol–water partition coefficient (Wildman–Crippen LogP) is 2.28. The Morgan fingerprint density at radius 1 is 1.50 bits per heavy atom. The van der Waals surface area contributed by atoms with Gasteiger partial charge in [0.2, 0.25) is 0 Å². The molecule has 94 valence electrons. The Hall–Kier alpha value is -1.68. The van der Waals surface area contributed by atoms with Crippen LogP contribution in [0.4, 0.5) is 0 Å². The monoisotopic (exact) mass is 244 g/mol. The van der Waals surface area contributed by atoms with Crippen LogP contribution in [0.15, 0.2) is 24.3 Å². The van der Waals surface area contributed by atoms with Gasteiger partial charge < -0.3 is 4.74 Å². The minimum absolute atomic E-state index is 0.0209. The molecule has 1 aromatic heterocycles. The smallest absolute Gasteiger partial charge is 0.180 e. The molecule has 1 aliphatic heterocycles. The second kappa shape index (κ2) is 4.53. The van der Waals surface area contributed by atoms with Crippen LogP contribution in [-0.2, 0) is 11.3 Å². The van der Waals surface area contributed by atoms with Crippen LogP contribution in [0.3, 0.4) is 0 Å². The van der Waals surface area contributed by atoms with Gasteiger partial charge in [0.25, 0.3) is 0 Å². The fraction of sp³-hybridized carbons (Fsp3) is 0.429. The number of ether oxygens (including phenoxy) is 1. The summed E-state index contributed by atoms with van der Waals surface area (Å²) in [4.78, 5) is 11.6. The number of rotatable bonds is 3.